The van der Waals surface area contributed by atoms with Crippen molar-refractivity contribution < 1.29 is 25.8 Å². The van der Waals surface area contributed by atoms with Gasteiger partial charge in [-0.3, -0.25) is 0 Å². The molecule has 0 bridgehead atoms. The third-order valence-corrected chi connectivity index (χ3v) is 15.2. The summed E-state index contributed by atoms with van der Waals surface area (Å²) in [6.45, 7) is 43.5. The maximum atomic E-state index is 7.14. The van der Waals surface area contributed by atoms with Crippen LogP contribution in [0.3, 0.4) is 0 Å². The molecule has 0 fully saturated rings. The Morgan fingerprint density at radius 2 is 1.16 bits per heavy atom. The van der Waals surface area contributed by atoms with Crippen molar-refractivity contribution in [2.75, 3.05) is 9.80 Å². The number of ether oxygens (including phenoxy) is 1. The summed E-state index contributed by atoms with van der Waals surface area (Å²) in [6.07, 6.45) is 4.23. The number of rotatable bonds is 10. The third-order valence-electron chi connectivity index (χ3n) is 15.2. The van der Waals surface area contributed by atoms with Gasteiger partial charge in [-0.25, -0.2) is 4.98 Å². The summed E-state index contributed by atoms with van der Waals surface area (Å²) in [7, 11) is 0. The van der Waals surface area contributed by atoms with Gasteiger partial charge < -0.3 is 19.1 Å². The predicted molar refractivity (Wildman–Crippen MR) is 314 cm³/mol. The van der Waals surface area contributed by atoms with E-state index in [-0.39, 0.29) is 48.1 Å². The minimum Gasteiger partial charge on any atom is -0.509 e. The summed E-state index contributed by atoms with van der Waals surface area (Å²) in [6, 6.07) is 52.3. The Balaban J connectivity index is 0.00000747. The minimum absolute atomic E-state index is 0. The molecule has 0 amide bonds. The van der Waals surface area contributed by atoms with Crippen molar-refractivity contribution in [2.45, 2.75) is 158 Å². The van der Waals surface area contributed by atoms with Gasteiger partial charge in [-0.1, -0.05) is 197 Å². The predicted octanol–water partition coefficient (Wildman–Crippen LogP) is 19.0. The van der Waals surface area contributed by atoms with Gasteiger partial charge in [0.25, 0.3) is 0 Å². The van der Waals surface area contributed by atoms with Crippen LogP contribution in [0.4, 0.5) is 11.4 Å². The van der Waals surface area contributed by atoms with E-state index < -0.39 is 0 Å². The third kappa shape index (κ3) is 11.0. The zero-order chi connectivity index (χ0) is 53.4. The number of benzene rings is 6. The maximum absolute atomic E-state index is 7.14. The van der Waals surface area contributed by atoms with Crippen LogP contribution in [0.25, 0.3) is 38.8 Å². The fraction of sp³-hybridized carbons (Fsp3) is 0.362. The molecule has 0 saturated heterocycles. The Morgan fingerprint density at radius 1 is 0.533 bits per heavy atom. The van der Waals surface area contributed by atoms with Crippen LogP contribution in [-0.2, 0) is 42.7 Å². The SMILES string of the molecule is CC(C)c1cccc(C(C)C)c1-c1cc(Oc2[c-]c3c(cc2)c2cc(C(C)(C)c4ccccc4)ccc2n3-c2cc(C(C)(C)C)ccn2)[c-]c(N2C=C(C(C)(C)C)N(c3cc(C(C)(C)C)cc(C(C)(C)C)c3)[CH-]2)c1.[Pt]. The first-order valence-electron chi connectivity index (χ1n) is 26.8. The molecule has 2 aromatic heterocycles. The van der Waals surface area contributed by atoms with Crippen molar-refractivity contribution in [1.82, 2.24) is 9.55 Å². The molecule has 0 unspecified atom stereocenters. The van der Waals surface area contributed by atoms with E-state index in [2.05, 4.69) is 285 Å². The van der Waals surface area contributed by atoms with E-state index in [0.29, 0.717) is 23.3 Å². The van der Waals surface area contributed by atoms with Gasteiger partial charge in [0.15, 0.2) is 0 Å². The van der Waals surface area contributed by atoms with Crippen LogP contribution in [0.1, 0.15) is 175 Å². The molecule has 0 N–H and O–H groups in total. The van der Waals surface area contributed by atoms with Gasteiger partial charge in [0.2, 0.25) is 0 Å². The van der Waals surface area contributed by atoms with E-state index in [1.807, 2.05) is 6.20 Å². The Labute approximate surface area is 464 Å². The van der Waals surface area contributed by atoms with Crippen LogP contribution < -0.4 is 14.5 Å². The molecule has 0 saturated carbocycles. The first kappa shape index (κ1) is 55.3. The number of hydrogen-bond acceptors (Lipinski definition) is 4. The van der Waals surface area contributed by atoms with E-state index in [4.69, 9.17) is 9.72 Å². The van der Waals surface area contributed by atoms with Gasteiger partial charge >= 0.3 is 0 Å². The normalized spacial score (nSPS) is 13.8. The summed E-state index contributed by atoms with van der Waals surface area (Å²) in [5.74, 6) is 2.67. The molecular weight excluding hydrogens is 1100 g/mol. The Morgan fingerprint density at radius 3 is 1.75 bits per heavy atom. The van der Waals surface area contributed by atoms with Crippen LogP contribution in [0.15, 0.2) is 139 Å². The van der Waals surface area contributed by atoms with Crippen LogP contribution in [0.5, 0.6) is 11.5 Å². The molecule has 75 heavy (non-hydrogen) atoms. The standard InChI is InChI=1S/C69H79N4O.Pt/c1-44(2)56-25-22-26-57(45(3)4)64(56)46-33-52(71-42-62(68(14,15)16)72(43-71)53-36-50(66(8,9)10)35-51(37-53)67(11,12)13)40-55(34-46)74-54-28-29-58-59-38-49(69(17,18)47-23-20-19-21-24-47)27-30-60(59)73(61(58)41-54)63-39-48(31-32-70-63)65(5,6)7;/h19-39,42-45H,1-18H3;/q-3;. The summed E-state index contributed by atoms with van der Waals surface area (Å²) >= 11 is 0. The van der Waals surface area contributed by atoms with Crippen molar-refractivity contribution in [3.05, 3.63) is 197 Å². The van der Waals surface area contributed by atoms with Gasteiger partial charge in [-0.15, -0.1) is 53.6 Å². The molecule has 0 radical (unpaired) electrons. The molecular formula is C69H79N4OPt-3. The Kier molecular flexibility index (Phi) is 14.9. The number of fused-ring (bicyclic) bond motifs is 3. The first-order valence-corrected chi connectivity index (χ1v) is 26.8. The first-order chi connectivity index (χ1) is 34.6. The number of nitrogens with zero attached hydrogens (tertiary/aromatic N) is 4. The van der Waals surface area contributed by atoms with E-state index in [1.54, 1.807) is 0 Å². The average molecular weight is 1180 g/mol. The van der Waals surface area contributed by atoms with E-state index in [9.17, 15) is 0 Å². The van der Waals surface area contributed by atoms with Crippen molar-refractivity contribution in [3.63, 3.8) is 0 Å². The summed E-state index contributed by atoms with van der Waals surface area (Å²) in [4.78, 5) is 9.68. The second-order valence-electron chi connectivity index (χ2n) is 26.1. The Hall–Kier alpha value is -5.90. The molecule has 1 aliphatic rings. The molecule has 3 heterocycles. The largest absolute Gasteiger partial charge is 0.509 e. The van der Waals surface area contributed by atoms with E-state index in [1.165, 1.54) is 50.2 Å². The van der Waals surface area contributed by atoms with Gasteiger partial charge in [0, 0.05) is 66.5 Å². The molecule has 9 rings (SSSR count). The monoisotopic (exact) mass is 1170 g/mol. The second kappa shape index (κ2) is 20.2. The number of aromatic nitrogens is 2. The smallest absolute Gasteiger partial charge is 0.135 e. The molecule has 6 aromatic carbocycles. The van der Waals surface area contributed by atoms with Crippen molar-refractivity contribution in [1.29, 1.82) is 0 Å². The van der Waals surface area contributed by atoms with Crippen LogP contribution >= 0.6 is 0 Å². The fourth-order valence-corrected chi connectivity index (χ4v) is 10.4. The number of anilines is 2. The second-order valence-corrected chi connectivity index (χ2v) is 26.1. The molecule has 0 spiro atoms. The Bertz CT molecular complexity index is 3360. The quantitative estimate of drug-likeness (QED) is 0.128. The van der Waals surface area contributed by atoms with Crippen LogP contribution in [0.2, 0.25) is 0 Å². The number of pyridine rings is 1. The molecule has 0 aliphatic carbocycles. The molecule has 0 atom stereocenters. The van der Waals surface area contributed by atoms with Crippen molar-refractivity contribution in [3.8, 4) is 28.4 Å². The minimum atomic E-state index is -0.221. The zero-order valence-corrected chi connectivity index (χ0v) is 50.2. The van der Waals surface area contributed by atoms with Gasteiger partial charge in [-0.2, -0.15) is 6.07 Å². The maximum Gasteiger partial charge on any atom is 0.135 e. The summed E-state index contributed by atoms with van der Waals surface area (Å²) in [5, 5.41) is 2.23. The molecule has 5 nitrogen and oxygen atoms in total. The molecule has 6 heteroatoms. The van der Waals surface area contributed by atoms with Crippen molar-refractivity contribution in [2.24, 2.45) is 5.41 Å². The van der Waals surface area contributed by atoms with Crippen molar-refractivity contribution >= 4 is 33.2 Å². The molecule has 394 valence electrons. The average Bonchev–Trinajstić information content (AvgIpc) is 3.94. The number of allylic oxidation sites excluding steroid dienone is 1. The van der Waals surface area contributed by atoms with E-state index in [0.717, 1.165) is 44.6 Å². The molecule has 8 aromatic rings. The van der Waals surface area contributed by atoms with Crippen LogP contribution in [-0.4, -0.2) is 9.55 Å². The number of hydrogen-bond donors (Lipinski definition) is 0. The topological polar surface area (TPSA) is 33.5 Å². The molecule has 1 aliphatic heterocycles. The fourth-order valence-electron chi connectivity index (χ4n) is 10.4. The van der Waals surface area contributed by atoms with E-state index >= 15 is 0 Å². The van der Waals surface area contributed by atoms with Gasteiger partial charge in [0.05, 0.1) is 0 Å². The summed E-state index contributed by atoms with van der Waals surface area (Å²) < 4.78 is 9.40. The van der Waals surface area contributed by atoms with Gasteiger partial charge in [-0.05, 0) is 115 Å². The zero-order valence-electron chi connectivity index (χ0n) is 47.9. The summed E-state index contributed by atoms with van der Waals surface area (Å²) in [5.41, 5.74) is 16.0. The van der Waals surface area contributed by atoms with Gasteiger partial charge in [0.1, 0.15) is 5.82 Å². The van der Waals surface area contributed by atoms with Crippen LogP contribution in [0, 0.1) is 24.2 Å².